The Bertz CT molecular complexity index is 2010. The van der Waals surface area contributed by atoms with Crippen LogP contribution in [-0.4, -0.2) is 55.8 Å². The van der Waals surface area contributed by atoms with Gasteiger partial charge < -0.3 is 15.0 Å². The zero-order valence-corrected chi connectivity index (χ0v) is 30.4. The third-order valence-corrected chi connectivity index (χ3v) is 11.1. The highest BCUT2D eigenvalue weighted by atomic mass is 35.5. The standard InChI is InChI=1S/C38H40ClFN4O7S/c1-26-13-19-32(23-33(26)44(47)48)52(49,50)43(34-22-29(39)16-20-36(34)51-2)25-37(45)42(24-28-14-17-30(40)18-15-28)35(21-27-9-5-3-6-10-27)38(46)41-31-11-7-4-8-12-31/h3,5-6,9-10,13-20,22-23,31,35H,4,7-8,11-12,21,24-25H2,1-2H3,(H,41,46). The molecule has 0 spiro atoms. The second-order valence-electron chi connectivity index (χ2n) is 12.7. The monoisotopic (exact) mass is 750 g/mol. The van der Waals surface area contributed by atoms with Crippen molar-refractivity contribution < 1.29 is 32.1 Å². The van der Waals surface area contributed by atoms with E-state index in [2.05, 4.69) is 5.32 Å². The Balaban J connectivity index is 1.63. The first-order chi connectivity index (χ1) is 24.9. The van der Waals surface area contributed by atoms with Crippen LogP contribution in [0.1, 0.15) is 48.8 Å². The topological polar surface area (TPSA) is 139 Å². The van der Waals surface area contributed by atoms with Crippen molar-refractivity contribution in [3.05, 3.63) is 129 Å². The van der Waals surface area contributed by atoms with E-state index < -0.39 is 55.7 Å². The summed E-state index contributed by atoms with van der Waals surface area (Å²) < 4.78 is 49.3. The van der Waals surface area contributed by atoms with Gasteiger partial charge in [0, 0.05) is 35.7 Å². The van der Waals surface area contributed by atoms with Gasteiger partial charge in [0.2, 0.25) is 11.8 Å². The molecule has 0 bridgehead atoms. The molecule has 274 valence electrons. The van der Waals surface area contributed by atoms with Gasteiger partial charge in [-0.1, -0.05) is 79.4 Å². The molecule has 1 N–H and O–H groups in total. The molecule has 1 unspecified atom stereocenters. The predicted octanol–water partition coefficient (Wildman–Crippen LogP) is 6.99. The maximum absolute atomic E-state index is 14.8. The number of amides is 2. The van der Waals surface area contributed by atoms with Crippen molar-refractivity contribution in [3.8, 4) is 5.75 Å². The third kappa shape index (κ3) is 9.25. The molecule has 0 saturated heterocycles. The second-order valence-corrected chi connectivity index (χ2v) is 15.0. The van der Waals surface area contributed by atoms with Crippen molar-refractivity contribution in [1.82, 2.24) is 10.2 Å². The summed E-state index contributed by atoms with van der Waals surface area (Å²) in [7, 11) is -3.40. The van der Waals surface area contributed by atoms with Gasteiger partial charge >= 0.3 is 0 Å². The van der Waals surface area contributed by atoms with Gasteiger partial charge in [0.25, 0.3) is 15.7 Å². The Kier molecular flexibility index (Phi) is 12.5. The van der Waals surface area contributed by atoms with Crippen LogP contribution >= 0.6 is 11.6 Å². The number of ether oxygens (including phenoxy) is 1. The van der Waals surface area contributed by atoms with Crippen molar-refractivity contribution in [1.29, 1.82) is 0 Å². The van der Waals surface area contributed by atoms with Gasteiger partial charge in [-0.05, 0) is 67.3 Å². The molecule has 1 fully saturated rings. The smallest absolute Gasteiger partial charge is 0.273 e. The van der Waals surface area contributed by atoms with Crippen LogP contribution in [0.3, 0.4) is 0 Å². The number of sulfonamides is 1. The van der Waals surface area contributed by atoms with Gasteiger partial charge in [-0.25, -0.2) is 12.8 Å². The van der Waals surface area contributed by atoms with E-state index in [-0.39, 0.29) is 41.0 Å². The molecule has 4 aromatic rings. The van der Waals surface area contributed by atoms with Crippen molar-refractivity contribution in [2.75, 3.05) is 18.0 Å². The van der Waals surface area contributed by atoms with Crippen molar-refractivity contribution in [2.45, 2.75) is 69.0 Å². The van der Waals surface area contributed by atoms with E-state index >= 15 is 0 Å². The van der Waals surface area contributed by atoms with Crippen LogP contribution in [0.15, 0.2) is 95.9 Å². The highest BCUT2D eigenvalue weighted by Gasteiger charge is 2.37. The lowest BCUT2D eigenvalue weighted by Crippen LogP contribution is -2.55. The number of nitro groups is 1. The zero-order chi connectivity index (χ0) is 37.4. The Labute approximate surface area is 307 Å². The van der Waals surface area contributed by atoms with Gasteiger partial charge in [-0.2, -0.15) is 0 Å². The molecule has 0 radical (unpaired) electrons. The number of carbonyl (C=O) groups excluding carboxylic acids is 2. The van der Waals surface area contributed by atoms with Crippen molar-refractivity contribution in [3.63, 3.8) is 0 Å². The normalized spacial score (nSPS) is 13.9. The van der Waals surface area contributed by atoms with E-state index in [1.54, 1.807) is 0 Å². The summed E-state index contributed by atoms with van der Waals surface area (Å²) >= 11 is 6.35. The molecule has 1 atom stereocenters. The minimum absolute atomic E-state index is 0.0587. The lowest BCUT2D eigenvalue weighted by atomic mass is 9.94. The molecule has 0 heterocycles. The van der Waals surface area contributed by atoms with E-state index in [1.165, 1.54) is 73.5 Å². The first-order valence-electron chi connectivity index (χ1n) is 16.9. The molecule has 1 aliphatic rings. The Morgan fingerprint density at radius 3 is 2.33 bits per heavy atom. The fourth-order valence-corrected chi connectivity index (χ4v) is 7.93. The summed E-state index contributed by atoms with van der Waals surface area (Å²) in [4.78, 5) is 41.0. The molecule has 1 saturated carbocycles. The summed E-state index contributed by atoms with van der Waals surface area (Å²) in [5, 5.41) is 15.1. The highest BCUT2D eigenvalue weighted by molar-refractivity contribution is 7.92. The molecule has 11 nitrogen and oxygen atoms in total. The number of nitrogens with one attached hydrogen (secondary N) is 1. The van der Waals surface area contributed by atoms with E-state index in [9.17, 15) is 32.5 Å². The van der Waals surface area contributed by atoms with Gasteiger partial charge in [0.15, 0.2) is 0 Å². The number of hydrogen-bond donors (Lipinski definition) is 1. The van der Waals surface area contributed by atoms with Gasteiger partial charge in [0.1, 0.15) is 24.2 Å². The van der Waals surface area contributed by atoms with Gasteiger partial charge in [0.05, 0.1) is 22.6 Å². The van der Waals surface area contributed by atoms with Crippen LogP contribution in [0.25, 0.3) is 0 Å². The number of nitrogens with zero attached hydrogens (tertiary/aromatic N) is 3. The second kappa shape index (κ2) is 17.0. The molecule has 5 rings (SSSR count). The van der Waals surface area contributed by atoms with Crippen LogP contribution in [-0.2, 0) is 32.6 Å². The molecular weight excluding hydrogens is 711 g/mol. The quantitative estimate of drug-likeness (QED) is 0.108. The van der Waals surface area contributed by atoms with Crippen LogP contribution in [0.2, 0.25) is 5.02 Å². The number of anilines is 1. The first kappa shape index (κ1) is 38.2. The molecular formula is C38H40ClFN4O7S. The highest BCUT2D eigenvalue weighted by Crippen LogP contribution is 2.36. The molecule has 52 heavy (non-hydrogen) atoms. The van der Waals surface area contributed by atoms with Crippen LogP contribution < -0.4 is 14.4 Å². The van der Waals surface area contributed by atoms with Crippen molar-refractivity contribution >= 4 is 44.8 Å². The number of hydrogen-bond acceptors (Lipinski definition) is 7. The average Bonchev–Trinajstić information content (AvgIpc) is 3.13. The third-order valence-electron chi connectivity index (χ3n) is 9.14. The summed E-state index contributed by atoms with van der Waals surface area (Å²) in [5.41, 5.74) is 0.980. The number of halogens is 2. The molecule has 0 aromatic heterocycles. The number of nitro benzene ring substituents is 1. The maximum Gasteiger partial charge on any atom is 0.273 e. The molecule has 14 heteroatoms. The summed E-state index contributed by atoms with van der Waals surface area (Å²) in [5.74, 6) is -1.61. The minimum Gasteiger partial charge on any atom is -0.495 e. The largest absolute Gasteiger partial charge is 0.495 e. The van der Waals surface area contributed by atoms with Crippen molar-refractivity contribution in [2.24, 2.45) is 0 Å². The first-order valence-corrected chi connectivity index (χ1v) is 18.7. The Morgan fingerprint density at radius 2 is 1.67 bits per heavy atom. The summed E-state index contributed by atoms with van der Waals surface area (Å²) in [6.07, 6.45) is 4.66. The number of methoxy groups -OCH3 is 1. The zero-order valence-electron chi connectivity index (χ0n) is 28.8. The lowest BCUT2D eigenvalue weighted by Gasteiger charge is -2.35. The van der Waals surface area contributed by atoms with E-state index in [0.717, 1.165) is 48.0 Å². The SMILES string of the molecule is COc1ccc(Cl)cc1N(CC(=O)N(Cc1ccc(F)cc1)C(Cc1ccccc1)C(=O)NC1CCCCC1)S(=O)(=O)c1ccc(C)c([N+](=O)[O-])c1. The number of aryl methyl sites for hydroxylation is 1. The Hall–Kier alpha value is -5.01. The molecule has 4 aromatic carbocycles. The Morgan fingerprint density at radius 1 is 0.981 bits per heavy atom. The van der Waals surface area contributed by atoms with Crippen LogP contribution in [0, 0.1) is 22.9 Å². The fraction of sp³-hybridized carbons (Fsp3) is 0.316. The minimum atomic E-state index is -4.72. The number of benzene rings is 4. The molecule has 2 amide bonds. The van der Waals surface area contributed by atoms with E-state index in [4.69, 9.17) is 16.3 Å². The summed E-state index contributed by atoms with van der Waals surface area (Å²) in [6, 6.07) is 21.1. The maximum atomic E-state index is 14.8. The van der Waals surface area contributed by atoms with Gasteiger partial charge in [-0.15, -0.1) is 0 Å². The number of rotatable bonds is 14. The average molecular weight is 751 g/mol. The van der Waals surface area contributed by atoms with E-state index in [1.807, 2.05) is 30.3 Å². The lowest BCUT2D eigenvalue weighted by molar-refractivity contribution is -0.385. The van der Waals surface area contributed by atoms with Crippen LogP contribution in [0.5, 0.6) is 5.75 Å². The summed E-state index contributed by atoms with van der Waals surface area (Å²) in [6.45, 7) is 0.476. The molecule has 1 aliphatic carbocycles. The van der Waals surface area contributed by atoms with Gasteiger partial charge in [-0.3, -0.25) is 24.0 Å². The molecule has 0 aliphatic heterocycles. The van der Waals surface area contributed by atoms with Crippen LogP contribution in [0.4, 0.5) is 15.8 Å². The fourth-order valence-electron chi connectivity index (χ4n) is 6.33. The van der Waals surface area contributed by atoms with E-state index in [0.29, 0.717) is 5.56 Å². The number of carbonyl (C=O) groups is 2. The predicted molar refractivity (Wildman–Crippen MR) is 196 cm³/mol.